The number of nitrogens with one attached hydrogen (secondary N) is 1. The van der Waals surface area contributed by atoms with Gasteiger partial charge in [0.15, 0.2) is 0 Å². The number of aliphatic carboxylic acids is 1. The van der Waals surface area contributed by atoms with Crippen LogP contribution in [0.3, 0.4) is 0 Å². The summed E-state index contributed by atoms with van der Waals surface area (Å²) in [6, 6.07) is 6.87. The van der Waals surface area contributed by atoms with Crippen molar-refractivity contribution in [2.24, 2.45) is 0 Å². The SMILES string of the molecule is Cc1nc(CSc2ccc(C(=O)NC(C)CC(=O)O)cc2)cs1. The summed E-state index contributed by atoms with van der Waals surface area (Å²) in [5, 5.41) is 14.5. The quantitative estimate of drug-likeness (QED) is 0.749. The molecule has 1 amide bonds. The number of aromatic nitrogens is 1. The number of nitrogens with zero attached hydrogens (tertiary/aromatic N) is 1. The zero-order chi connectivity index (χ0) is 16.8. The Kier molecular flexibility index (Phi) is 6.18. The molecule has 0 bridgehead atoms. The molecule has 0 radical (unpaired) electrons. The van der Waals surface area contributed by atoms with E-state index in [1.54, 1.807) is 42.2 Å². The van der Waals surface area contributed by atoms with Crippen molar-refractivity contribution in [2.75, 3.05) is 0 Å². The monoisotopic (exact) mass is 350 g/mol. The fourth-order valence-corrected chi connectivity index (χ4v) is 3.46. The molecule has 1 aromatic carbocycles. The molecule has 0 saturated carbocycles. The van der Waals surface area contributed by atoms with Crippen molar-refractivity contribution >= 4 is 35.0 Å². The van der Waals surface area contributed by atoms with Gasteiger partial charge in [0.05, 0.1) is 17.1 Å². The maximum Gasteiger partial charge on any atom is 0.305 e. The van der Waals surface area contributed by atoms with Crippen LogP contribution < -0.4 is 5.32 Å². The Morgan fingerprint density at radius 3 is 2.61 bits per heavy atom. The van der Waals surface area contributed by atoms with Crippen LogP contribution in [0.2, 0.25) is 0 Å². The van der Waals surface area contributed by atoms with E-state index in [4.69, 9.17) is 5.11 Å². The van der Waals surface area contributed by atoms with E-state index < -0.39 is 12.0 Å². The van der Waals surface area contributed by atoms with Gasteiger partial charge in [-0.15, -0.1) is 23.1 Å². The molecule has 7 heteroatoms. The van der Waals surface area contributed by atoms with Crippen LogP contribution in [-0.4, -0.2) is 28.0 Å². The Morgan fingerprint density at radius 1 is 1.35 bits per heavy atom. The summed E-state index contributed by atoms with van der Waals surface area (Å²) in [6.07, 6.45) is -0.0905. The highest BCUT2D eigenvalue weighted by molar-refractivity contribution is 7.98. The number of aryl methyl sites for hydroxylation is 1. The molecule has 1 aromatic heterocycles. The summed E-state index contributed by atoms with van der Waals surface area (Å²) in [5.41, 5.74) is 1.58. The first kappa shape index (κ1) is 17.5. The number of hydrogen-bond donors (Lipinski definition) is 2. The number of amides is 1. The molecule has 0 aliphatic rings. The predicted octanol–water partition coefficient (Wildman–Crippen LogP) is 3.34. The molecule has 2 rings (SSSR count). The van der Waals surface area contributed by atoms with E-state index in [0.717, 1.165) is 21.3 Å². The van der Waals surface area contributed by atoms with Crippen LogP contribution in [-0.2, 0) is 10.5 Å². The Balaban J connectivity index is 1.88. The number of carboxylic acid groups (broad SMARTS) is 1. The van der Waals surface area contributed by atoms with Gasteiger partial charge < -0.3 is 10.4 Å². The van der Waals surface area contributed by atoms with Crippen molar-refractivity contribution < 1.29 is 14.7 Å². The van der Waals surface area contributed by atoms with Gasteiger partial charge in [-0.25, -0.2) is 4.98 Å². The van der Waals surface area contributed by atoms with Crippen LogP contribution in [0, 0.1) is 6.92 Å². The number of rotatable bonds is 7. The van der Waals surface area contributed by atoms with Crippen molar-refractivity contribution in [3.63, 3.8) is 0 Å². The van der Waals surface area contributed by atoms with E-state index in [9.17, 15) is 9.59 Å². The van der Waals surface area contributed by atoms with Gasteiger partial charge in [0.1, 0.15) is 0 Å². The molecule has 0 spiro atoms. The summed E-state index contributed by atoms with van der Waals surface area (Å²) in [7, 11) is 0. The third-order valence-corrected chi connectivity index (χ3v) is 4.90. The van der Waals surface area contributed by atoms with E-state index in [1.807, 2.05) is 24.4 Å². The molecule has 1 atom stereocenters. The molecule has 23 heavy (non-hydrogen) atoms. The number of carbonyl (C=O) groups excluding carboxylic acids is 1. The lowest BCUT2D eigenvalue weighted by atomic mass is 10.2. The van der Waals surface area contributed by atoms with Crippen molar-refractivity contribution in [3.8, 4) is 0 Å². The largest absolute Gasteiger partial charge is 0.481 e. The number of benzene rings is 1. The maximum atomic E-state index is 12.0. The highest BCUT2D eigenvalue weighted by Gasteiger charge is 2.12. The van der Waals surface area contributed by atoms with Crippen LogP contribution in [0.5, 0.6) is 0 Å². The lowest BCUT2D eigenvalue weighted by Crippen LogP contribution is -2.34. The molecule has 0 fully saturated rings. The topological polar surface area (TPSA) is 79.3 Å². The molecule has 1 heterocycles. The van der Waals surface area contributed by atoms with Gasteiger partial charge in [-0.05, 0) is 38.1 Å². The molecule has 0 aliphatic carbocycles. The summed E-state index contributed by atoms with van der Waals surface area (Å²) in [4.78, 5) is 28.1. The second-order valence-corrected chi connectivity index (χ2v) is 7.25. The van der Waals surface area contributed by atoms with E-state index in [-0.39, 0.29) is 12.3 Å². The fraction of sp³-hybridized carbons (Fsp3) is 0.312. The molecule has 5 nitrogen and oxygen atoms in total. The lowest BCUT2D eigenvalue weighted by molar-refractivity contribution is -0.137. The lowest BCUT2D eigenvalue weighted by Gasteiger charge is -2.11. The van der Waals surface area contributed by atoms with Crippen molar-refractivity contribution in [1.82, 2.24) is 10.3 Å². The first-order chi connectivity index (χ1) is 10.9. The molecule has 2 N–H and O–H groups in total. The molecule has 2 aromatic rings. The van der Waals surface area contributed by atoms with Crippen LogP contribution >= 0.6 is 23.1 Å². The smallest absolute Gasteiger partial charge is 0.305 e. The minimum atomic E-state index is -0.929. The van der Waals surface area contributed by atoms with Crippen molar-refractivity contribution in [2.45, 2.75) is 37.0 Å². The highest BCUT2D eigenvalue weighted by Crippen LogP contribution is 2.23. The van der Waals surface area contributed by atoms with E-state index in [1.165, 1.54) is 0 Å². The van der Waals surface area contributed by atoms with Gasteiger partial charge in [-0.1, -0.05) is 0 Å². The Labute approximate surface area is 143 Å². The summed E-state index contributed by atoms with van der Waals surface area (Å²) >= 11 is 3.30. The Morgan fingerprint density at radius 2 is 2.04 bits per heavy atom. The van der Waals surface area contributed by atoms with E-state index in [0.29, 0.717) is 5.56 Å². The standard InChI is InChI=1S/C16H18N2O3S2/c1-10(7-15(19)20)17-16(21)12-3-5-14(6-4-12)23-9-13-8-22-11(2)18-13/h3-6,8,10H,7,9H2,1-2H3,(H,17,21)(H,19,20). The third-order valence-electron chi connectivity index (χ3n) is 3.03. The van der Waals surface area contributed by atoms with Gasteiger partial charge in [0, 0.05) is 27.6 Å². The molecular weight excluding hydrogens is 332 g/mol. The van der Waals surface area contributed by atoms with E-state index in [2.05, 4.69) is 10.3 Å². The van der Waals surface area contributed by atoms with Gasteiger partial charge in [-0.3, -0.25) is 9.59 Å². The number of hydrogen-bond acceptors (Lipinski definition) is 5. The van der Waals surface area contributed by atoms with Crippen molar-refractivity contribution in [3.05, 3.63) is 45.9 Å². The second-order valence-electron chi connectivity index (χ2n) is 5.14. The normalized spacial score (nSPS) is 11.9. The van der Waals surface area contributed by atoms with Crippen LogP contribution in [0.4, 0.5) is 0 Å². The van der Waals surface area contributed by atoms with Crippen LogP contribution in [0.1, 0.15) is 34.4 Å². The Bertz CT molecular complexity index is 683. The first-order valence-electron chi connectivity index (χ1n) is 7.10. The molecule has 122 valence electrons. The maximum absolute atomic E-state index is 12.0. The van der Waals surface area contributed by atoms with Crippen LogP contribution in [0.25, 0.3) is 0 Å². The number of carboxylic acids is 1. The minimum Gasteiger partial charge on any atom is -0.481 e. The first-order valence-corrected chi connectivity index (χ1v) is 8.97. The summed E-state index contributed by atoms with van der Waals surface area (Å²) in [6.45, 7) is 3.66. The van der Waals surface area contributed by atoms with Gasteiger partial charge in [-0.2, -0.15) is 0 Å². The van der Waals surface area contributed by atoms with E-state index >= 15 is 0 Å². The van der Waals surface area contributed by atoms with Crippen LogP contribution in [0.15, 0.2) is 34.5 Å². The molecule has 0 saturated heterocycles. The average Bonchev–Trinajstić information content (AvgIpc) is 2.90. The second kappa shape index (κ2) is 8.12. The molecular formula is C16H18N2O3S2. The van der Waals surface area contributed by atoms with Gasteiger partial charge in [0.2, 0.25) is 0 Å². The van der Waals surface area contributed by atoms with Gasteiger partial charge >= 0.3 is 5.97 Å². The predicted molar refractivity (Wildman–Crippen MR) is 92.0 cm³/mol. The third kappa shape index (κ3) is 5.69. The zero-order valence-corrected chi connectivity index (χ0v) is 14.5. The summed E-state index contributed by atoms with van der Waals surface area (Å²) in [5.74, 6) is -0.391. The zero-order valence-electron chi connectivity index (χ0n) is 12.9. The Hall–Kier alpha value is -1.86. The highest BCUT2D eigenvalue weighted by atomic mass is 32.2. The van der Waals surface area contributed by atoms with Gasteiger partial charge in [0.25, 0.3) is 5.91 Å². The minimum absolute atomic E-state index is 0.0905. The molecule has 0 aliphatic heterocycles. The molecule has 1 unspecified atom stereocenters. The fourth-order valence-electron chi connectivity index (χ4n) is 1.95. The number of thiazole rings is 1. The average molecular weight is 350 g/mol. The number of thioether (sulfide) groups is 1. The number of carbonyl (C=O) groups is 2. The summed E-state index contributed by atoms with van der Waals surface area (Å²) < 4.78 is 0. The van der Waals surface area contributed by atoms with Crippen molar-refractivity contribution in [1.29, 1.82) is 0 Å².